The van der Waals surface area contributed by atoms with E-state index in [2.05, 4.69) is 13.8 Å². The van der Waals surface area contributed by atoms with Crippen LogP contribution in [0.15, 0.2) is 53.4 Å². The molecule has 1 amide bonds. The number of piperidine rings is 1. The van der Waals surface area contributed by atoms with Gasteiger partial charge < -0.3 is 4.90 Å². The third-order valence-corrected chi connectivity index (χ3v) is 7.82. The van der Waals surface area contributed by atoms with Crippen molar-refractivity contribution in [3.05, 3.63) is 69.8 Å². The van der Waals surface area contributed by atoms with E-state index in [9.17, 15) is 23.3 Å². The fraction of sp³-hybridized carbons (Fsp3) is 0.435. The lowest BCUT2D eigenvalue weighted by Gasteiger charge is -2.32. The Morgan fingerprint density at radius 2 is 1.78 bits per heavy atom. The minimum atomic E-state index is -3.59. The normalized spacial score (nSPS) is 15.6. The number of hydrogen-bond acceptors (Lipinski definition) is 5. The van der Waals surface area contributed by atoms with E-state index >= 15 is 0 Å². The van der Waals surface area contributed by atoms with Crippen molar-refractivity contribution in [3.8, 4) is 0 Å². The minimum absolute atomic E-state index is 0.0108. The average Bonchev–Trinajstić information content (AvgIpc) is 2.78. The van der Waals surface area contributed by atoms with Crippen LogP contribution in [-0.4, -0.2) is 48.6 Å². The van der Waals surface area contributed by atoms with Crippen LogP contribution in [0.4, 0.5) is 5.69 Å². The van der Waals surface area contributed by atoms with Crippen molar-refractivity contribution in [2.75, 3.05) is 20.1 Å². The predicted molar refractivity (Wildman–Crippen MR) is 122 cm³/mol. The molecular weight excluding hydrogens is 430 g/mol. The summed E-state index contributed by atoms with van der Waals surface area (Å²) in [4.78, 5) is 25.2. The number of hydrogen-bond donors (Lipinski definition) is 0. The first-order chi connectivity index (χ1) is 15.1. The molecule has 1 fully saturated rings. The molecule has 0 spiro atoms. The van der Waals surface area contributed by atoms with Crippen LogP contribution in [-0.2, 0) is 21.4 Å². The van der Waals surface area contributed by atoms with Gasteiger partial charge in [-0.05, 0) is 42.0 Å². The second-order valence-corrected chi connectivity index (χ2v) is 10.5. The first kappa shape index (κ1) is 23.9. The SMILES string of the molecule is CC(C)c1ccc(S(=O)(=O)N2CCC(C(=O)N(C)Cc3cccc([N+](=O)[O-])c3)CC2)cc1. The largest absolute Gasteiger partial charge is 0.341 e. The van der Waals surface area contributed by atoms with Crippen LogP contribution in [0.5, 0.6) is 0 Å². The highest BCUT2D eigenvalue weighted by atomic mass is 32.2. The maximum atomic E-state index is 13.0. The standard InChI is InChI=1S/C23H29N3O5S/c1-17(2)19-7-9-22(10-8-19)32(30,31)25-13-11-20(12-14-25)23(27)24(3)16-18-5-4-6-21(15-18)26(28)29/h4-10,15,17,20H,11-14,16H2,1-3H3. The van der Waals surface area contributed by atoms with E-state index in [0.717, 1.165) is 5.56 Å². The lowest BCUT2D eigenvalue weighted by Crippen LogP contribution is -2.43. The van der Waals surface area contributed by atoms with Gasteiger partial charge in [0.1, 0.15) is 0 Å². The number of benzene rings is 2. The fourth-order valence-electron chi connectivity index (χ4n) is 3.95. The molecule has 32 heavy (non-hydrogen) atoms. The smallest absolute Gasteiger partial charge is 0.269 e. The molecule has 1 aliphatic heterocycles. The summed E-state index contributed by atoms with van der Waals surface area (Å²) in [5.41, 5.74) is 1.75. The van der Waals surface area contributed by atoms with Crippen molar-refractivity contribution < 1.29 is 18.1 Å². The highest BCUT2D eigenvalue weighted by Gasteiger charge is 2.33. The first-order valence-electron chi connectivity index (χ1n) is 10.7. The Labute approximate surface area is 189 Å². The van der Waals surface area contributed by atoms with Crippen molar-refractivity contribution in [1.29, 1.82) is 0 Å². The van der Waals surface area contributed by atoms with Gasteiger partial charge in [0.05, 0.1) is 9.82 Å². The number of rotatable bonds is 7. The topological polar surface area (TPSA) is 101 Å². The zero-order chi connectivity index (χ0) is 23.5. The van der Waals surface area contributed by atoms with E-state index < -0.39 is 14.9 Å². The van der Waals surface area contributed by atoms with Crippen molar-refractivity contribution >= 4 is 21.6 Å². The van der Waals surface area contributed by atoms with Gasteiger partial charge in [-0.15, -0.1) is 0 Å². The second kappa shape index (κ2) is 9.79. The van der Waals surface area contributed by atoms with Gasteiger partial charge in [-0.3, -0.25) is 14.9 Å². The number of sulfonamides is 1. The van der Waals surface area contributed by atoms with E-state index in [1.54, 1.807) is 36.2 Å². The molecule has 0 aliphatic carbocycles. The van der Waals surface area contributed by atoms with Crippen molar-refractivity contribution in [2.24, 2.45) is 5.92 Å². The zero-order valence-corrected chi connectivity index (χ0v) is 19.4. The second-order valence-electron chi connectivity index (χ2n) is 8.52. The fourth-order valence-corrected chi connectivity index (χ4v) is 5.42. The minimum Gasteiger partial charge on any atom is -0.341 e. The van der Waals surface area contributed by atoms with E-state index in [0.29, 0.717) is 24.3 Å². The van der Waals surface area contributed by atoms with Crippen LogP contribution in [0.3, 0.4) is 0 Å². The molecule has 0 aromatic heterocycles. The van der Waals surface area contributed by atoms with Gasteiger partial charge in [0, 0.05) is 44.7 Å². The maximum absolute atomic E-state index is 13.0. The van der Waals surface area contributed by atoms with Crippen LogP contribution >= 0.6 is 0 Å². The monoisotopic (exact) mass is 459 g/mol. The molecule has 1 aliphatic rings. The Morgan fingerprint density at radius 3 is 2.34 bits per heavy atom. The highest BCUT2D eigenvalue weighted by Crippen LogP contribution is 2.26. The van der Waals surface area contributed by atoms with Gasteiger partial charge in [0.25, 0.3) is 5.69 Å². The summed E-state index contributed by atoms with van der Waals surface area (Å²) >= 11 is 0. The summed E-state index contributed by atoms with van der Waals surface area (Å²) < 4.78 is 27.4. The molecule has 1 heterocycles. The lowest BCUT2D eigenvalue weighted by atomic mass is 9.96. The molecule has 9 heteroatoms. The Hall–Kier alpha value is -2.78. The number of nitrogens with zero attached hydrogens (tertiary/aromatic N) is 3. The molecule has 0 unspecified atom stereocenters. The van der Waals surface area contributed by atoms with E-state index in [1.807, 2.05) is 12.1 Å². The maximum Gasteiger partial charge on any atom is 0.269 e. The van der Waals surface area contributed by atoms with Gasteiger partial charge >= 0.3 is 0 Å². The molecule has 0 bridgehead atoms. The zero-order valence-electron chi connectivity index (χ0n) is 18.6. The molecule has 3 rings (SSSR count). The molecule has 0 radical (unpaired) electrons. The van der Waals surface area contributed by atoms with Gasteiger partial charge in [0.2, 0.25) is 15.9 Å². The van der Waals surface area contributed by atoms with Gasteiger partial charge in [-0.25, -0.2) is 8.42 Å². The van der Waals surface area contributed by atoms with E-state index in [-0.39, 0.29) is 42.0 Å². The number of nitro benzene ring substituents is 1. The summed E-state index contributed by atoms with van der Waals surface area (Å²) in [5.74, 6) is -0.0178. The van der Waals surface area contributed by atoms with Gasteiger partial charge in [-0.2, -0.15) is 4.31 Å². The van der Waals surface area contributed by atoms with Crippen LogP contribution in [0.1, 0.15) is 43.7 Å². The van der Waals surface area contributed by atoms with Crippen molar-refractivity contribution in [3.63, 3.8) is 0 Å². The van der Waals surface area contributed by atoms with Gasteiger partial charge in [-0.1, -0.05) is 38.1 Å². The first-order valence-corrected chi connectivity index (χ1v) is 12.1. The van der Waals surface area contributed by atoms with E-state index in [4.69, 9.17) is 0 Å². The highest BCUT2D eigenvalue weighted by molar-refractivity contribution is 7.89. The number of amides is 1. The molecule has 0 atom stereocenters. The quantitative estimate of drug-likeness (QED) is 0.463. The van der Waals surface area contributed by atoms with E-state index in [1.165, 1.54) is 16.4 Å². The molecule has 172 valence electrons. The molecule has 2 aromatic rings. The number of non-ortho nitro benzene ring substituents is 1. The molecular formula is C23H29N3O5S. The Morgan fingerprint density at radius 1 is 1.16 bits per heavy atom. The third-order valence-electron chi connectivity index (χ3n) is 5.91. The molecule has 1 saturated heterocycles. The molecule has 0 N–H and O–H groups in total. The average molecular weight is 460 g/mol. The molecule has 0 saturated carbocycles. The molecule has 2 aromatic carbocycles. The summed E-state index contributed by atoms with van der Waals surface area (Å²) in [5, 5.41) is 11.0. The molecule has 8 nitrogen and oxygen atoms in total. The Kier molecular flexibility index (Phi) is 7.30. The van der Waals surface area contributed by atoms with Crippen LogP contribution < -0.4 is 0 Å². The third kappa shape index (κ3) is 5.34. The Balaban J connectivity index is 1.60. The summed E-state index contributed by atoms with van der Waals surface area (Å²) in [6.45, 7) is 4.95. The number of carbonyl (C=O) groups excluding carboxylic acids is 1. The predicted octanol–water partition coefficient (Wildman–Crippen LogP) is 3.78. The van der Waals surface area contributed by atoms with Crippen molar-refractivity contribution in [1.82, 2.24) is 9.21 Å². The summed E-state index contributed by atoms with van der Waals surface area (Å²) in [6.07, 6.45) is 0.892. The summed E-state index contributed by atoms with van der Waals surface area (Å²) in [6, 6.07) is 13.2. The summed E-state index contributed by atoms with van der Waals surface area (Å²) in [7, 11) is -1.92. The van der Waals surface area contributed by atoms with Gasteiger partial charge in [0.15, 0.2) is 0 Å². The van der Waals surface area contributed by atoms with Crippen molar-refractivity contribution in [2.45, 2.75) is 44.0 Å². The van der Waals surface area contributed by atoms with Crippen LogP contribution in [0, 0.1) is 16.0 Å². The Bertz CT molecular complexity index is 1080. The lowest BCUT2D eigenvalue weighted by molar-refractivity contribution is -0.384. The number of carbonyl (C=O) groups is 1. The number of nitro groups is 1. The van der Waals surface area contributed by atoms with Crippen LogP contribution in [0.25, 0.3) is 0 Å². The van der Waals surface area contributed by atoms with Crippen LogP contribution in [0.2, 0.25) is 0 Å².